The molecule has 1 aromatic carbocycles. The molecular formula is C11H9N3O6S. The molecule has 0 bridgehead atoms. The first-order valence-electron chi connectivity index (χ1n) is 5.50. The van der Waals surface area contributed by atoms with Gasteiger partial charge in [-0.15, -0.1) is 0 Å². The predicted molar refractivity (Wildman–Crippen MR) is 69.5 cm³/mol. The summed E-state index contributed by atoms with van der Waals surface area (Å²) in [5.41, 5.74) is -0.509. The van der Waals surface area contributed by atoms with Crippen LogP contribution in [0, 0.1) is 10.1 Å². The number of aryl methyl sites for hydroxylation is 1. The molecule has 10 heteroatoms. The van der Waals surface area contributed by atoms with E-state index in [0.717, 1.165) is 18.3 Å². The quantitative estimate of drug-likeness (QED) is 0.348. The van der Waals surface area contributed by atoms with Gasteiger partial charge in [0.25, 0.3) is 0 Å². The minimum atomic E-state index is -4.28. The average Bonchev–Trinajstić information content (AvgIpc) is 2.85. The number of hydrogen-bond donors (Lipinski definition) is 0. The summed E-state index contributed by atoms with van der Waals surface area (Å²) in [5, 5.41) is 14.6. The maximum absolute atomic E-state index is 12.0. The number of hydrogen-bond acceptors (Lipinski definition) is 7. The number of aldehydes is 1. The van der Waals surface area contributed by atoms with E-state index < -0.39 is 26.5 Å². The Labute approximate surface area is 119 Å². The van der Waals surface area contributed by atoms with E-state index in [1.54, 1.807) is 0 Å². The van der Waals surface area contributed by atoms with Gasteiger partial charge in [-0.25, -0.2) is 0 Å². The second-order valence-corrected chi connectivity index (χ2v) is 5.54. The molecule has 1 aromatic heterocycles. The van der Waals surface area contributed by atoms with Crippen LogP contribution in [0.1, 0.15) is 10.4 Å². The van der Waals surface area contributed by atoms with Crippen molar-refractivity contribution >= 4 is 22.1 Å². The van der Waals surface area contributed by atoms with Crippen LogP contribution in [0.5, 0.6) is 5.75 Å². The fraction of sp³-hybridized carbons (Fsp3) is 0.0909. The molecule has 1 heterocycles. The molecule has 0 saturated carbocycles. The van der Waals surface area contributed by atoms with Gasteiger partial charge in [0.05, 0.1) is 11.1 Å². The van der Waals surface area contributed by atoms with Gasteiger partial charge in [0.2, 0.25) is 5.75 Å². The van der Waals surface area contributed by atoms with Gasteiger partial charge in [0, 0.05) is 24.9 Å². The lowest BCUT2D eigenvalue weighted by atomic mass is 10.2. The molecule has 0 N–H and O–H groups in total. The molecule has 0 radical (unpaired) electrons. The summed E-state index contributed by atoms with van der Waals surface area (Å²) in [4.78, 5) is 20.5. The van der Waals surface area contributed by atoms with E-state index in [9.17, 15) is 23.3 Å². The summed E-state index contributed by atoms with van der Waals surface area (Å²) in [5.74, 6) is -0.534. The molecule has 0 unspecified atom stereocenters. The third-order valence-corrected chi connectivity index (χ3v) is 3.67. The molecule has 0 amide bonds. The van der Waals surface area contributed by atoms with E-state index in [-0.39, 0.29) is 10.5 Å². The van der Waals surface area contributed by atoms with Gasteiger partial charge in [-0.3, -0.25) is 19.6 Å². The van der Waals surface area contributed by atoms with Crippen molar-refractivity contribution in [2.75, 3.05) is 0 Å². The third kappa shape index (κ3) is 3.05. The van der Waals surface area contributed by atoms with Gasteiger partial charge in [0.15, 0.2) is 0 Å². The summed E-state index contributed by atoms with van der Waals surface area (Å²) >= 11 is 0. The van der Waals surface area contributed by atoms with Gasteiger partial charge in [0.1, 0.15) is 11.2 Å². The smallest absolute Gasteiger partial charge is 0.342 e. The Morgan fingerprint density at radius 2 is 2.14 bits per heavy atom. The molecule has 0 aliphatic rings. The zero-order valence-corrected chi connectivity index (χ0v) is 11.5. The Kier molecular flexibility index (Phi) is 3.72. The van der Waals surface area contributed by atoms with Crippen molar-refractivity contribution in [1.29, 1.82) is 0 Å². The van der Waals surface area contributed by atoms with E-state index in [1.165, 1.54) is 24.0 Å². The third-order valence-electron chi connectivity index (χ3n) is 2.49. The lowest BCUT2D eigenvalue weighted by Gasteiger charge is -2.06. The summed E-state index contributed by atoms with van der Waals surface area (Å²) in [6, 6.07) is 3.17. The molecule has 2 rings (SSSR count). The fourth-order valence-electron chi connectivity index (χ4n) is 1.52. The summed E-state index contributed by atoms with van der Waals surface area (Å²) in [7, 11) is -2.77. The SMILES string of the molecule is Cn1cc(S(=O)(=O)Oc2cc(C=O)ccc2[N+](=O)[O-])cn1. The van der Waals surface area contributed by atoms with Gasteiger partial charge in [-0.05, 0) is 12.1 Å². The highest BCUT2D eigenvalue weighted by Gasteiger charge is 2.24. The Morgan fingerprint density at radius 1 is 1.43 bits per heavy atom. The molecular weight excluding hydrogens is 302 g/mol. The molecule has 0 spiro atoms. The number of nitro benzene ring substituents is 1. The molecule has 0 saturated heterocycles. The molecule has 21 heavy (non-hydrogen) atoms. The van der Waals surface area contributed by atoms with Crippen LogP contribution in [-0.4, -0.2) is 29.4 Å². The van der Waals surface area contributed by atoms with E-state index in [2.05, 4.69) is 5.10 Å². The number of carbonyl (C=O) groups excluding carboxylic acids is 1. The average molecular weight is 311 g/mol. The summed E-state index contributed by atoms with van der Waals surface area (Å²) in [6.45, 7) is 0. The first kappa shape index (κ1) is 14.7. The van der Waals surface area contributed by atoms with Gasteiger partial charge in [-0.2, -0.15) is 13.5 Å². The molecule has 9 nitrogen and oxygen atoms in total. The molecule has 0 aliphatic carbocycles. The Morgan fingerprint density at radius 3 is 2.67 bits per heavy atom. The number of rotatable bonds is 5. The highest BCUT2D eigenvalue weighted by atomic mass is 32.2. The standard InChI is InChI=1S/C11H9N3O6S/c1-13-6-9(5-12-13)21(18,19)20-11-4-8(7-15)2-3-10(11)14(16)17/h2-7H,1H3. The molecule has 0 aliphatic heterocycles. The first-order valence-corrected chi connectivity index (χ1v) is 6.91. The maximum atomic E-state index is 12.0. The number of aromatic nitrogens is 2. The van der Waals surface area contributed by atoms with Crippen LogP contribution >= 0.6 is 0 Å². The second kappa shape index (κ2) is 5.32. The van der Waals surface area contributed by atoms with Gasteiger partial charge in [-0.1, -0.05) is 0 Å². The van der Waals surface area contributed by atoms with Crippen molar-refractivity contribution in [2.24, 2.45) is 7.05 Å². The van der Waals surface area contributed by atoms with E-state index in [0.29, 0.717) is 6.29 Å². The lowest BCUT2D eigenvalue weighted by Crippen LogP contribution is -2.10. The minimum Gasteiger partial charge on any atom is -0.371 e. The topological polar surface area (TPSA) is 121 Å². The number of benzene rings is 1. The van der Waals surface area contributed by atoms with Crippen molar-refractivity contribution in [3.8, 4) is 5.75 Å². The van der Waals surface area contributed by atoms with Crippen LogP contribution in [0.3, 0.4) is 0 Å². The van der Waals surface area contributed by atoms with E-state index >= 15 is 0 Å². The molecule has 0 atom stereocenters. The van der Waals surface area contributed by atoms with Gasteiger partial charge < -0.3 is 4.18 Å². The van der Waals surface area contributed by atoms with E-state index in [4.69, 9.17) is 4.18 Å². The molecule has 2 aromatic rings. The van der Waals surface area contributed by atoms with Crippen LogP contribution in [0.25, 0.3) is 0 Å². The predicted octanol–water partition coefficient (Wildman–Crippen LogP) is 0.909. The fourth-order valence-corrected chi connectivity index (χ4v) is 2.44. The monoisotopic (exact) mass is 311 g/mol. The van der Waals surface area contributed by atoms with Crippen molar-refractivity contribution < 1.29 is 22.3 Å². The Bertz CT molecular complexity index is 811. The minimum absolute atomic E-state index is 0.0528. The number of carbonyl (C=O) groups is 1. The van der Waals surface area contributed by atoms with Crippen LogP contribution in [0.15, 0.2) is 35.5 Å². The van der Waals surface area contributed by atoms with Crippen LogP contribution in [0.2, 0.25) is 0 Å². The van der Waals surface area contributed by atoms with Crippen molar-refractivity contribution in [1.82, 2.24) is 9.78 Å². The molecule has 110 valence electrons. The highest BCUT2D eigenvalue weighted by molar-refractivity contribution is 7.87. The van der Waals surface area contributed by atoms with Crippen LogP contribution in [0.4, 0.5) is 5.69 Å². The van der Waals surface area contributed by atoms with Crippen molar-refractivity contribution in [3.05, 3.63) is 46.3 Å². The maximum Gasteiger partial charge on any atom is 0.342 e. The summed E-state index contributed by atoms with van der Waals surface area (Å²) in [6.07, 6.45) is 2.66. The zero-order chi connectivity index (χ0) is 15.6. The second-order valence-electron chi connectivity index (χ2n) is 3.99. The van der Waals surface area contributed by atoms with Crippen LogP contribution < -0.4 is 4.18 Å². The molecule has 0 fully saturated rings. The van der Waals surface area contributed by atoms with Crippen molar-refractivity contribution in [3.63, 3.8) is 0 Å². The van der Waals surface area contributed by atoms with Crippen molar-refractivity contribution in [2.45, 2.75) is 4.90 Å². The largest absolute Gasteiger partial charge is 0.371 e. The first-order chi connectivity index (χ1) is 9.83. The highest BCUT2D eigenvalue weighted by Crippen LogP contribution is 2.30. The summed E-state index contributed by atoms with van der Waals surface area (Å²) < 4.78 is 30.0. The van der Waals surface area contributed by atoms with E-state index in [1.807, 2.05) is 0 Å². The zero-order valence-electron chi connectivity index (χ0n) is 10.7. The normalized spacial score (nSPS) is 11.1. The Hall–Kier alpha value is -2.75. The Balaban J connectivity index is 2.47. The number of nitro groups is 1. The van der Waals surface area contributed by atoms with Gasteiger partial charge >= 0.3 is 15.8 Å². The van der Waals surface area contributed by atoms with Crippen LogP contribution in [-0.2, 0) is 17.2 Å². The lowest BCUT2D eigenvalue weighted by molar-refractivity contribution is -0.385. The number of nitrogens with zero attached hydrogens (tertiary/aromatic N) is 3.